The molecule has 0 aromatic carbocycles. The summed E-state index contributed by atoms with van der Waals surface area (Å²) in [6, 6.07) is -0.113. The first-order valence-corrected chi connectivity index (χ1v) is 5.82. The highest BCUT2D eigenvalue weighted by Crippen LogP contribution is 2.22. The Morgan fingerprint density at radius 1 is 1.67 bits per heavy atom. The lowest BCUT2D eigenvalue weighted by Gasteiger charge is -2.11. The zero-order valence-electron chi connectivity index (χ0n) is 9.19. The molecule has 1 unspecified atom stereocenters. The molecule has 0 bridgehead atoms. The minimum atomic E-state index is -0.379. The normalized spacial score (nSPS) is 12.9. The number of thiazole rings is 1. The van der Waals surface area contributed by atoms with E-state index in [0.29, 0.717) is 18.2 Å². The summed E-state index contributed by atoms with van der Waals surface area (Å²) in [5.41, 5.74) is 6.28. The van der Waals surface area contributed by atoms with Crippen LogP contribution in [0.1, 0.15) is 42.3 Å². The van der Waals surface area contributed by atoms with Gasteiger partial charge in [-0.25, -0.2) is 9.78 Å². The lowest BCUT2D eigenvalue weighted by atomic mass is 10.1. The van der Waals surface area contributed by atoms with E-state index in [4.69, 9.17) is 10.5 Å². The van der Waals surface area contributed by atoms with E-state index in [1.165, 1.54) is 11.3 Å². The number of aromatic nitrogens is 1. The van der Waals surface area contributed by atoms with Gasteiger partial charge in [0, 0.05) is 5.38 Å². The molecule has 5 heteroatoms. The lowest BCUT2D eigenvalue weighted by Crippen LogP contribution is -2.16. The van der Waals surface area contributed by atoms with Crippen LogP contribution in [0.15, 0.2) is 5.38 Å². The SMILES string of the molecule is CCOC(=O)c1csc(C(N)C(C)C)n1. The molecule has 0 radical (unpaired) electrons. The molecule has 1 rings (SSSR count). The van der Waals surface area contributed by atoms with Crippen molar-refractivity contribution < 1.29 is 9.53 Å². The molecule has 0 saturated heterocycles. The summed E-state index contributed by atoms with van der Waals surface area (Å²) in [7, 11) is 0. The monoisotopic (exact) mass is 228 g/mol. The summed E-state index contributed by atoms with van der Waals surface area (Å²) in [5.74, 6) is -0.0675. The molecule has 1 heterocycles. The Hall–Kier alpha value is -0.940. The molecule has 15 heavy (non-hydrogen) atoms. The fraction of sp³-hybridized carbons (Fsp3) is 0.600. The van der Waals surface area contributed by atoms with Crippen LogP contribution in [0.5, 0.6) is 0 Å². The summed E-state index contributed by atoms with van der Waals surface area (Å²) in [4.78, 5) is 15.5. The van der Waals surface area contributed by atoms with Crippen LogP contribution in [0.25, 0.3) is 0 Å². The Morgan fingerprint density at radius 3 is 2.87 bits per heavy atom. The Balaban J connectivity index is 2.76. The van der Waals surface area contributed by atoms with Crippen molar-refractivity contribution in [1.82, 2.24) is 4.98 Å². The van der Waals surface area contributed by atoms with E-state index in [-0.39, 0.29) is 12.0 Å². The smallest absolute Gasteiger partial charge is 0.357 e. The second-order valence-electron chi connectivity index (χ2n) is 3.56. The predicted molar refractivity (Wildman–Crippen MR) is 59.8 cm³/mol. The van der Waals surface area contributed by atoms with Crippen LogP contribution in [0, 0.1) is 5.92 Å². The van der Waals surface area contributed by atoms with Crippen molar-refractivity contribution in [2.45, 2.75) is 26.8 Å². The molecule has 0 aliphatic rings. The molecule has 1 atom stereocenters. The van der Waals surface area contributed by atoms with Gasteiger partial charge in [-0.2, -0.15) is 0 Å². The van der Waals surface area contributed by atoms with Crippen molar-refractivity contribution in [3.8, 4) is 0 Å². The van der Waals surface area contributed by atoms with Gasteiger partial charge in [-0.3, -0.25) is 0 Å². The largest absolute Gasteiger partial charge is 0.461 e. The average Bonchev–Trinajstić information content (AvgIpc) is 2.65. The van der Waals surface area contributed by atoms with Crippen LogP contribution in [0.4, 0.5) is 0 Å². The molecular formula is C10H16N2O2S. The van der Waals surface area contributed by atoms with Crippen molar-refractivity contribution >= 4 is 17.3 Å². The second kappa shape index (κ2) is 5.23. The number of carbonyl (C=O) groups excluding carboxylic acids is 1. The van der Waals surface area contributed by atoms with Crippen LogP contribution in [-0.2, 0) is 4.74 Å². The lowest BCUT2D eigenvalue weighted by molar-refractivity contribution is 0.0520. The molecule has 0 spiro atoms. The fourth-order valence-corrected chi connectivity index (χ4v) is 1.99. The summed E-state index contributed by atoms with van der Waals surface area (Å²) in [6.07, 6.45) is 0. The second-order valence-corrected chi connectivity index (χ2v) is 4.45. The molecule has 2 N–H and O–H groups in total. The fourth-order valence-electron chi connectivity index (χ4n) is 1.02. The van der Waals surface area contributed by atoms with Gasteiger partial charge in [0.1, 0.15) is 5.01 Å². The van der Waals surface area contributed by atoms with Gasteiger partial charge in [0.05, 0.1) is 12.6 Å². The Bertz CT molecular complexity index is 336. The highest BCUT2D eigenvalue weighted by Gasteiger charge is 2.17. The number of carbonyl (C=O) groups is 1. The van der Waals surface area contributed by atoms with E-state index in [2.05, 4.69) is 4.98 Å². The van der Waals surface area contributed by atoms with E-state index in [0.717, 1.165) is 5.01 Å². The highest BCUT2D eigenvalue weighted by atomic mass is 32.1. The molecule has 0 saturated carbocycles. The summed E-state index contributed by atoms with van der Waals surface area (Å²) in [6.45, 7) is 6.18. The van der Waals surface area contributed by atoms with Crippen LogP contribution < -0.4 is 5.73 Å². The number of nitrogens with two attached hydrogens (primary N) is 1. The molecule has 1 aromatic rings. The molecule has 4 nitrogen and oxygen atoms in total. The van der Waals surface area contributed by atoms with E-state index in [9.17, 15) is 4.79 Å². The first-order chi connectivity index (χ1) is 7.06. The van der Waals surface area contributed by atoms with Gasteiger partial charge in [-0.15, -0.1) is 11.3 Å². The number of esters is 1. The minimum Gasteiger partial charge on any atom is -0.461 e. The number of hydrogen-bond acceptors (Lipinski definition) is 5. The zero-order chi connectivity index (χ0) is 11.4. The summed E-state index contributed by atoms with van der Waals surface area (Å²) >= 11 is 1.40. The van der Waals surface area contributed by atoms with Gasteiger partial charge < -0.3 is 10.5 Å². The van der Waals surface area contributed by atoms with Gasteiger partial charge >= 0.3 is 5.97 Å². The van der Waals surface area contributed by atoms with Gasteiger partial charge in [-0.05, 0) is 12.8 Å². The van der Waals surface area contributed by atoms with Crippen molar-refractivity contribution in [1.29, 1.82) is 0 Å². The van der Waals surface area contributed by atoms with E-state index >= 15 is 0 Å². The van der Waals surface area contributed by atoms with Gasteiger partial charge in [-0.1, -0.05) is 13.8 Å². The van der Waals surface area contributed by atoms with Crippen LogP contribution >= 0.6 is 11.3 Å². The molecule has 0 amide bonds. The standard InChI is InChI=1S/C10H16N2O2S/c1-4-14-10(13)7-5-15-9(12-7)8(11)6(2)3/h5-6,8H,4,11H2,1-3H3. The van der Waals surface area contributed by atoms with Crippen molar-refractivity contribution in [3.63, 3.8) is 0 Å². The van der Waals surface area contributed by atoms with Gasteiger partial charge in [0.2, 0.25) is 0 Å². The van der Waals surface area contributed by atoms with Crippen molar-refractivity contribution in [2.75, 3.05) is 6.61 Å². The molecule has 84 valence electrons. The molecular weight excluding hydrogens is 212 g/mol. The number of nitrogens with zero attached hydrogens (tertiary/aromatic N) is 1. The highest BCUT2D eigenvalue weighted by molar-refractivity contribution is 7.09. The van der Waals surface area contributed by atoms with E-state index in [1.54, 1.807) is 12.3 Å². The zero-order valence-corrected chi connectivity index (χ0v) is 10.0. The molecule has 1 aromatic heterocycles. The number of hydrogen-bond donors (Lipinski definition) is 1. The van der Waals surface area contributed by atoms with Gasteiger partial charge in [0.25, 0.3) is 0 Å². The maximum Gasteiger partial charge on any atom is 0.357 e. The quantitative estimate of drug-likeness (QED) is 0.800. The van der Waals surface area contributed by atoms with Crippen molar-refractivity contribution in [3.05, 3.63) is 16.1 Å². The molecule has 0 aliphatic carbocycles. The van der Waals surface area contributed by atoms with E-state index in [1.807, 2.05) is 13.8 Å². The average molecular weight is 228 g/mol. The van der Waals surface area contributed by atoms with Crippen LogP contribution in [0.2, 0.25) is 0 Å². The summed E-state index contributed by atoms with van der Waals surface area (Å²) in [5, 5.41) is 2.48. The third-order valence-corrected chi connectivity index (χ3v) is 2.96. The predicted octanol–water partition coefficient (Wildman–Crippen LogP) is 1.98. The third-order valence-electron chi connectivity index (χ3n) is 2.01. The Morgan fingerprint density at radius 2 is 2.33 bits per heavy atom. The third kappa shape index (κ3) is 3.00. The number of rotatable bonds is 4. The number of ether oxygens (including phenoxy) is 1. The minimum absolute atomic E-state index is 0.113. The van der Waals surface area contributed by atoms with E-state index < -0.39 is 0 Å². The summed E-state index contributed by atoms with van der Waals surface area (Å²) < 4.78 is 4.85. The maximum absolute atomic E-state index is 11.3. The Labute approximate surface area is 93.5 Å². The van der Waals surface area contributed by atoms with Crippen LogP contribution in [-0.4, -0.2) is 17.6 Å². The van der Waals surface area contributed by atoms with Crippen molar-refractivity contribution in [2.24, 2.45) is 11.7 Å². The maximum atomic E-state index is 11.3. The molecule has 0 fully saturated rings. The Kier molecular flexibility index (Phi) is 4.23. The first-order valence-electron chi connectivity index (χ1n) is 4.94. The molecule has 0 aliphatic heterocycles. The topological polar surface area (TPSA) is 65.2 Å². The van der Waals surface area contributed by atoms with Gasteiger partial charge in [0.15, 0.2) is 5.69 Å². The van der Waals surface area contributed by atoms with Crippen LogP contribution in [0.3, 0.4) is 0 Å². The first kappa shape index (κ1) is 12.1.